The average Bonchev–Trinajstić information content (AvgIpc) is 2.37. The van der Waals surface area contributed by atoms with Crippen LogP contribution in [0.25, 0.3) is 0 Å². The van der Waals surface area contributed by atoms with E-state index in [0.29, 0.717) is 25.7 Å². The van der Waals surface area contributed by atoms with Gasteiger partial charge in [-0.1, -0.05) is 24.3 Å². The van der Waals surface area contributed by atoms with Gasteiger partial charge in [0, 0.05) is 0 Å². The maximum Gasteiger partial charge on any atom is 0.0568 e. The van der Waals surface area contributed by atoms with E-state index in [1.54, 1.807) is 0 Å². The maximum absolute atomic E-state index is 13.1. The fourth-order valence-corrected chi connectivity index (χ4v) is 3.43. The van der Waals surface area contributed by atoms with Crippen LogP contribution in [0.5, 0.6) is 0 Å². The molecule has 0 amide bonds. The molecule has 1 fully saturated rings. The highest BCUT2D eigenvalue weighted by Crippen LogP contribution is 2.45. The van der Waals surface area contributed by atoms with Crippen molar-refractivity contribution in [3.8, 4) is 0 Å². The minimum atomic E-state index is -0.381. The van der Waals surface area contributed by atoms with E-state index in [4.69, 9.17) is 0 Å². The molecule has 0 saturated carbocycles. The normalized spacial score (nSPS) is 21.5. The highest BCUT2D eigenvalue weighted by molar-refractivity contribution is 5.09. The molecule has 0 aliphatic carbocycles. The second-order valence-electron chi connectivity index (χ2n) is 5.57. The highest BCUT2D eigenvalue weighted by Gasteiger charge is 2.50. The molecule has 19 heavy (non-hydrogen) atoms. The molecule has 0 aromatic rings. The van der Waals surface area contributed by atoms with Crippen LogP contribution in [0.2, 0.25) is 0 Å². The van der Waals surface area contributed by atoms with E-state index < -0.39 is 0 Å². The summed E-state index contributed by atoms with van der Waals surface area (Å²) in [5.41, 5.74) is -0.762. The van der Waals surface area contributed by atoms with Crippen molar-refractivity contribution in [2.24, 2.45) is 0 Å². The Morgan fingerprint density at radius 2 is 1.11 bits per heavy atom. The molecule has 1 rings (SSSR count). The SMILES string of the molecule is C=CCC1(CC=C)CCCC(CC=C)(CC=C)N1[O]. The van der Waals surface area contributed by atoms with Gasteiger partial charge in [0.25, 0.3) is 0 Å². The Morgan fingerprint density at radius 1 is 0.789 bits per heavy atom. The number of rotatable bonds is 8. The van der Waals surface area contributed by atoms with Crippen molar-refractivity contribution in [3.63, 3.8) is 0 Å². The monoisotopic (exact) mass is 260 g/mol. The fourth-order valence-electron chi connectivity index (χ4n) is 3.43. The second kappa shape index (κ2) is 6.88. The van der Waals surface area contributed by atoms with Crippen molar-refractivity contribution in [2.45, 2.75) is 56.0 Å². The lowest BCUT2D eigenvalue weighted by Crippen LogP contribution is -2.60. The van der Waals surface area contributed by atoms with Crippen molar-refractivity contribution in [1.29, 1.82) is 0 Å². The van der Waals surface area contributed by atoms with Crippen LogP contribution >= 0.6 is 0 Å². The van der Waals surface area contributed by atoms with E-state index in [0.717, 1.165) is 19.3 Å². The Kier molecular flexibility index (Phi) is 5.77. The molecule has 2 heteroatoms. The summed E-state index contributed by atoms with van der Waals surface area (Å²) in [7, 11) is 0. The van der Waals surface area contributed by atoms with E-state index in [1.165, 1.54) is 5.06 Å². The third kappa shape index (κ3) is 3.07. The molecule has 1 aliphatic rings. The van der Waals surface area contributed by atoms with Gasteiger partial charge in [-0.25, -0.2) is 0 Å². The van der Waals surface area contributed by atoms with Crippen molar-refractivity contribution in [2.75, 3.05) is 0 Å². The van der Waals surface area contributed by atoms with Crippen LogP contribution in [0, 0.1) is 0 Å². The molecule has 0 N–H and O–H groups in total. The van der Waals surface area contributed by atoms with Gasteiger partial charge in [-0.05, 0) is 44.9 Å². The Balaban J connectivity index is 3.13. The molecule has 0 bridgehead atoms. The van der Waals surface area contributed by atoms with Gasteiger partial charge in [-0.3, -0.25) is 0 Å². The molecule has 0 unspecified atom stereocenters. The Hall–Kier alpha value is -1.12. The first-order valence-corrected chi connectivity index (χ1v) is 7.02. The van der Waals surface area contributed by atoms with Crippen LogP contribution in [0.4, 0.5) is 0 Å². The molecule has 1 radical (unpaired) electrons. The summed E-state index contributed by atoms with van der Waals surface area (Å²) in [4.78, 5) is 0. The number of hydrogen-bond acceptors (Lipinski definition) is 1. The maximum atomic E-state index is 13.1. The first-order chi connectivity index (χ1) is 9.10. The van der Waals surface area contributed by atoms with Crippen LogP contribution in [-0.2, 0) is 5.21 Å². The topological polar surface area (TPSA) is 23.1 Å². The summed E-state index contributed by atoms with van der Waals surface area (Å²) >= 11 is 0. The molecule has 105 valence electrons. The molecule has 0 aromatic carbocycles. The number of hydroxylamine groups is 2. The lowest BCUT2D eigenvalue weighted by atomic mass is 9.72. The van der Waals surface area contributed by atoms with E-state index in [-0.39, 0.29) is 11.1 Å². The zero-order valence-electron chi connectivity index (χ0n) is 11.9. The predicted molar refractivity (Wildman–Crippen MR) is 81.1 cm³/mol. The molecule has 0 atom stereocenters. The minimum Gasteiger partial charge on any atom is -0.142 e. The van der Waals surface area contributed by atoms with Crippen LogP contribution in [0.15, 0.2) is 50.6 Å². The quantitative estimate of drug-likeness (QED) is 0.585. The van der Waals surface area contributed by atoms with Crippen LogP contribution in [0.1, 0.15) is 44.9 Å². The highest BCUT2D eigenvalue weighted by atomic mass is 16.5. The van der Waals surface area contributed by atoms with Gasteiger partial charge >= 0.3 is 0 Å². The van der Waals surface area contributed by atoms with Crippen LogP contribution < -0.4 is 0 Å². The molecule has 1 aliphatic heterocycles. The molecule has 0 aromatic heterocycles. The molecule has 0 spiro atoms. The van der Waals surface area contributed by atoms with E-state index in [1.807, 2.05) is 24.3 Å². The lowest BCUT2D eigenvalue weighted by molar-refractivity contribution is -0.302. The molecule has 2 nitrogen and oxygen atoms in total. The van der Waals surface area contributed by atoms with Crippen molar-refractivity contribution < 1.29 is 5.21 Å². The fraction of sp³-hybridized carbons (Fsp3) is 0.529. The third-order valence-corrected chi connectivity index (χ3v) is 4.24. The summed E-state index contributed by atoms with van der Waals surface area (Å²) in [6, 6.07) is 0. The standard InChI is InChI=1S/C17H26NO/c1-5-10-16(11-6-2)14-9-15-17(12-7-3,13-8-4)18(16)19/h5-8H,1-4,9-15H2. The zero-order valence-corrected chi connectivity index (χ0v) is 11.9. The Labute approximate surface area is 117 Å². The van der Waals surface area contributed by atoms with Gasteiger partial charge in [0.2, 0.25) is 0 Å². The summed E-state index contributed by atoms with van der Waals surface area (Å²) in [6.07, 6.45) is 13.1. The summed E-state index contributed by atoms with van der Waals surface area (Å²) < 4.78 is 0. The minimum absolute atomic E-state index is 0.381. The lowest BCUT2D eigenvalue weighted by Gasteiger charge is -2.52. The summed E-state index contributed by atoms with van der Waals surface area (Å²) in [6.45, 7) is 15.3. The second-order valence-corrected chi connectivity index (χ2v) is 5.57. The average molecular weight is 260 g/mol. The molecule has 1 heterocycles. The predicted octanol–water partition coefficient (Wildman–Crippen LogP) is 4.60. The smallest absolute Gasteiger partial charge is 0.0568 e. The Morgan fingerprint density at radius 3 is 1.37 bits per heavy atom. The number of piperidine rings is 1. The van der Waals surface area contributed by atoms with E-state index in [9.17, 15) is 5.21 Å². The number of hydrogen-bond donors (Lipinski definition) is 0. The van der Waals surface area contributed by atoms with E-state index in [2.05, 4.69) is 26.3 Å². The van der Waals surface area contributed by atoms with Crippen molar-refractivity contribution in [3.05, 3.63) is 50.6 Å². The first kappa shape index (κ1) is 15.9. The van der Waals surface area contributed by atoms with Gasteiger partial charge in [0.05, 0.1) is 11.1 Å². The largest absolute Gasteiger partial charge is 0.142 e. The summed E-state index contributed by atoms with van der Waals surface area (Å²) in [5.74, 6) is 0. The van der Waals surface area contributed by atoms with E-state index >= 15 is 0 Å². The zero-order chi connectivity index (χ0) is 14.4. The van der Waals surface area contributed by atoms with Gasteiger partial charge in [0.1, 0.15) is 0 Å². The van der Waals surface area contributed by atoms with Crippen molar-refractivity contribution in [1.82, 2.24) is 5.06 Å². The van der Waals surface area contributed by atoms with Crippen LogP contribution in [-0.4, -0.2) is 16.1 Å². The van der Waals surface area contributed by atoms with Gasteiger partial charge in [-0.15, -0.1) is 36.6 Å². The van der Waals surface area contributed by atoms with Crippen LogP contribution in [0.3, 0.4) is 0 Å². The summed E-state index contributed by atoms with van der Waals surface area (Å²) in [5, 5.41) is 14.4. The molecular weight excluding hydrogens is 234 g/mol. The van der Waals surface area contributed by atoms with Gasteiger partial charge in [-0.2, -0.15) is 0 Å². The van der Waals surface area contributed by atoms with Crippen molar-refractivity contribution >= 4 is 0 Å². The molecular formula is C17H26NO. The third-order valence-electron chi connectivity index (χ3n) is 4.24. The molecule has 1 saturated heterocycles. The van der Waals surface area contributed by atoms with Gasteiger partial charge in [0.15, 0.2) is 0 Å². The number of nitrogens with zero attached hydrogens (tertiary/aromatic N) is 1. The Bertz CT molecular complexity index is 293. The first-order valence-electron chi connectivity index (χ1n) is 7.02. The van der Waals surface area contributed by atoms with Gasteiger partial charge < -0.3 is 0 Å².